The zero-order chi connectivity index (χ0) is 30.4. The van der Waals surface area contributed by atoms with Gasteiger partial charge in [-0.1, -0.05) is 20.8 Å². The molecule has 4 aromatic rings. The third-order valence-corrected chi connectivity index (χ3v) is 7.58. The Labute approximate surface area is 245 Å². The topological polar surface area (TPSA) is 157 Å². The quantitative estimate of drug-likeness (QED) is 0.0687. The van der Waals surface area contributed by atoms with Crippen LogP contribution in [0.1, 0.15) is 54.2 Å². The van der Waals surface area contributed by atoms with Gasteiger partial charge in [0.2, 0.25) is 0 Å². The van der Waals surface area contributed by atoms with Gasteiger partial charge in [-0.15, -0.1) is 0 Å². The lowest BCUT2D eigenvalue weighted by Crippen LogP contribution is -2.19. The lowest BCUT2D eigenvalue weighted by atomic mass is 9.83. The highest BCUT2D eigenvalue weighted by molar-refractivity contribution is 5.60. The molecule has 4 aromatic carbocycles. The summed E-state index contributed by atoms with van der Waals surface area (Å²) in [4.78, 5) is 0. The van der Waals surface area contributed by atoms with Crippen LogP contribution in [0.5, 0.6) is 34.5 Å². The summed E-state index contributed by atoms with van der Waals surface area (Å²) in [6, 6.07) is 14.0. The van der Waals surface area contributed by atoms with Crippen molar-refractivity contribution in [2.45, 2.75) is 59.7 Å². The smallest absolute Gasteiger partial charge is 0.159 e. The highest BCUT2D eigenvalue weighted by Crippen LogP contribution is 2.35. The van der Waals surface area contributed by atoms with Crippen molar-refractivity contribution in [3.05, 3.63) is 88.0 Å². The monoisotopic (exact) mass is 573 g/mol. The fourth-order valence-corrected chi connectivity index (χ4v) is 5.48. The Kier molecular flexibility index (Phi) is 9.42. The van der Waals surface area contributed by atoms with Crippen molar-refractivity contribution >= 4 is 17.1 Å². The van der Waals surface area contributed by atoms with Gasteiger partial charge >= 0.3 is 0 Å². The van der Waals surface area contributed by atoms with Gasteiger partial charge in [0.25, 0.3) is 0 Å². The normalized spacial score (nSPS) is 10.9. The first-order valence-corrected chi connectivity index (χ1v) is 14.1. The lowest BCUT2D eigenvalue weighted by molar-refractivity contribution is 0.404. The van der Waals surface area contributed by atoms with Crippen molar-refractivity contribution in [2.24, 2.45) is 0 Å². The van der Waals surface area contributed by atoms with Crippen LogP contribution in [0, 0.1) is 0 Å². The van der Waals surface area contributed by atoms with Gasteiger partial charge in [0, 0.05) is 54.9 Å². The van der Waals surface area contributed by atoms with E-state index in [1.165, 1.54) is 53.1 Å². The minimum atomic E-state index is -0.197. The maximum atomic E-state index is 10.0. The number of phenolic OH excluding ortho intramolecular Hbond substituents is 6. The molecular formula is C33H39N3O6. The first kappa shape index (κ1) is 30.0. The predicted molar refractivity (Wildman–Crippen MR) is 166 cm³/mol. The molecule has 222 valence electrons. The zero-order valence-corrected chi connectivity index (χ0v) is 24.1. The molecule has 42 heavy (non-hydrogen) atoms. The van der Waals surface area contributed by atoms with Crippen LogP contribution in [0.25, 0.3) is 0 Å². The lowest BCUT2D eigenvalue weighted by Gasteiger charge is -2.27. The van der Waals surface area contributed by atoms with Crippen molar-refractivity contribution < 1.29 is 30.6 Å². The molecule has 0 heterocycles. The fourth-order valence-electron chi connectivity index (χ4n) is 5.48. The Bertz CT molecular complexity index is 1360. The van der Waals surface area contributed by atoms with E-state index >= 15 is 0 Å². The second kappa shape index (κ2) is 13.2. The van der Waals surface area contributed by atoms with Crippen molar-refractivity contribution in [3.8, 4) is 34.5 Å². The average molecular weight is 574 g/mol. The van der Waals surface area contributed by atoms with Crippen LogP contribution < -0.4 is 16.0 Å². The molecule has 0 aliphatic heterocycles. The molecule has 0 radical (unpaired) electrons. The number of hydrogen-bond donors (Lipinski definition) is 9. The molecule has 0 bridgehead atoms. The van der Waals surface area contributed by atoms with E-state index in [2.05, 4.69) is 36.7 Å². The Hall–Kier alpha value is -4.92. The molecule has 4 rings (SSSR count). The predicted octanol–water partition coefficient (Wildman–Crippen LogP) is 6.44. The van der Waals surface area contributed by atoms with Gasteiger partial charge in [-0.3, -0.25) is 0 Å². The molecular weight excluding hydrogens is 534 g/mol. The number of anilines is 3. The van der Waals surface area contributed by atoms with Gasteiger partial charge in [-0.05, 0) is 89.0 Å². The number of phenols is 6. The summed E-state index contributed by atoms with van der Waals surface area (Å²) >= 11 is 0. The summed E-state index contributed by atoms with van der Waals surface area (Å²) in [5, 5.41) is 69.5. The summed E-state index contributed by atoms with van der Waals surface area (Å²) in [5.41, 5.74) is 9.02. The van der Waals surface area contributed by atoms with Crippen LogP contribution in [0.2, 0.25) is 0 Å². The van der Waals surface area contributed by atoms with Gasteiger partial charge in [0.1, 0.15) is 0 Å². The summed E-state index contributed by atoms with van der Waals surface area (Å²) < 4.78 is 0. The Morgan fingerprint density at radius 3 is 0.857 bits per heavy atom. The van der Waals surface area contributed by atoms with Crippen LogP contribution in [0.3, 0.4) is 0 Å². The molecule has 0 aromatic heterocycles. The molecule has 0 unspecified atom stereocenters. The van der Waals surface area contributed by atoms with Crippen LogP contribution >= 0.6 is 0 Å². The summed E-state index contributed by atoms with van der Waals surface area (Å²) in [6.07, 6.45) is 2.32. The van der Waals surface area contributed by atoms with Crippen molar-refractivity contribution in [3.63, 3.8) is 0 Å². The highest BCUT2D eigenvalue weighted by atomic mass is 16.3. The van der Waals surface area contributed by atoms with E-state index in [4.69, 9.17) is 0 Å². The minimum Gasteiger partial charge on any atom is -0.504 e. The first-order valence-electron chi connectivity index (χ1n) is 14.1. The van der Waals surface area contributed by atoms with Crippen LogP contribution in [0.4, 0.5) is 17.1 Å². The van der Waals surface area contributed by atoms with Crippen LogP contribution in [-0.2, 0) is 38.9 Å². The molecule has 9 N–H and O–H groups in total. The largest absolute Gasteiger partial charge is 0.504 e. The van der Waals surface area contributed by atoms with Crippen molar-refractivity contribution in [1.82, 2.24) is 0 Å². The minimum absolute atomic E-state index is 0.182. The molecule has 0 spiro atoms. The van der Waals surface area contributed by atoms with Gasteiger partial charge in [-0.25, -0.2) is 0 Å². The second-order valence-electron chi connectivity index (χ2n) is 10.1. The standard InChI is InChI=1S/C33H39N3O6/c1-4-22-25(16-34-19-7-10-28(37)31(40)13-19)23(5-2)27(18-36-21-9-12-30(39)33(42)15-21)24(6-3)26(22)17-35-20-8-11-29(38)32(41)14-20/h7-15,34-42H,4-6,16-18H2,1-3H3. The average Bonchev–Trinajstić information content (AvgIpc) is 2.98. The van der Waals surface area contributed by atoms with Crippen molar-refractivity contribution in [1.29, 1.82) is 0 Å². The Morgan fingerprint density at radius 1 is 0.381 bits per heavy atom. The number of rotatable bonds is 12. The van der Waals surface area contributed by atoms with E-state index in [9.17, 15) is 30.6 Å². The van der Waals surface area contributed by atoms with E-state index in [1.807, 2.05) is 0 Å². The first-order chi connectivity index (χ1) is 20.2. The molecule has 0 aliphatic rings. The molecule has 9 nitrogen and oxygen atoms in total. The maximum Gasteiger partial charge on any atom is 0.159 e. The van der Waals surface area contributed by atoms with Gasteiger partial charge in [-0.2, -0.15) is 0 Å². The van der Waals surface area contributed by atoms with E-state index in [0.717, 1.165) is 36.0 Å². The van der Waals surface area contributed by atoms with Gasteiger partial charge in [0.05, 0.1) is 0 Å². The van der Waals surface area contributed by atoms with E-state index < -0.39 is 0 Å². The summed E-state index contributed by atoms with van der Waals surface area (Å²) in [6.45, 7) is 7.83. The molecule has 0 atom stereocenters. The van der Waals surface area contributed by atoms with Gasteiger partial charge in [0.15, 0.2) is 34.5 Å². The van der Waals surface area contributed by atoms with Crippen LogP contribution in [-0.4, -0.2) is 30.6 Å². The second-order valence-corrected chi connectivity index (χ2v) is 10.1. The summed E-state index contributed by atoms with van der Waals surface area (Å²) in [5.74, 6) is -1.14. The third-order valence-electron chi connectivity index (χ3n) is 7.58. The molecule has 0 aliphatic carbocycles. The Morgan fingerprint density at radius 2 is 0.643 bits per heavy atom. The zero-order valence-electron chi connectivity index (χ0n) is 24.1. The molecule has 0 fully saturated rings. The molecule has 0 amide bonds. The van der Waals surface area contributed by atoms with E-state index in [1.54, 1.807) is 18.2 Å². The molecule has 0 saturated carbocycles. The SMILES string of the molecule is CCc1c(CNc2ccc(O)c(O)c2)c(CC)c(CNc2ccc(O)c(O)c2)c(CC)c1CNc1ccc(O)c(O)c1. The molecule has 0 saturated heterocycles. The number of aromatic hydroxyl groups is 6. The fraction of sp³-hybridized carbons (Fsp3) is 0.273. The Balaban J connectivity index is 1.79. The van der Waals surface area contributed by atoms with E-state index in [-0.39, 0.29) is 34.5 Å². The summed E-state index contributed by atoms with van der Waals surface area (Å²) in [7, 11) is 0. The number of nitrogens with one attached hydrogen (secondary N) is 3. The van der Waals surface area contributed by atoms with E-state index in [0.29, 0.717) is 36.7 Å². The number of hydrogen-bond acceptors (Lipinski definition) is 9. The number of benzene rings is 4. The van der Waals surface area contributed by atoms with Crippen molar-refractivity contribution in [2.75, 3.05) is 16.0 Å². The maximum absolute atomic E-state index is 10.0. The van der Waals surface area contributed by atoms with Crippen LogP contribution in [0.15, 0.2) is 54.6 Å². The molecule has 9 heteroatoms. The highest BCUT2D eigenvalue weighted by Gasteiger charge is 2.22. The van der Waals surface area contributed by atoms with Gasteiger partial charge < -0.3 is 46.6 Å². The third kappa shape index (κ3) is 6.52.